The van der Waals surface area contributed by atoms with Crippen molar-refractivity contribution in [3.8, 4) is 0 Å². The van der Waals surface area contributed by atoms with Gasteiger partial charge in [-0.15, -0.1) is 11.6 Å². The minimum absolute atomic E-state index is 0.187. The van der Waals surface area contributed by atoms with Crippen LogP contribution in [0.5, 0.6) is 0 Å². The molecule has 0 aliphatic heterocycles. The van der Waals surface area contributed by atoms with Gasteiger partial charge in [-0.05, 0) is 39.0 Å². The number of hydrogen-bond donors (Lipinski definition) is 0. The summed E-state index contributed by atoms with van der Waals surface area (Å²) in [6, 6.07) is 5.99. The van der Waals surface area contributed by atoms with Gasteiger partial charge in [0, 0.05) is 4.47 Å². The van der Waals surface area contributed by atoms with Gasteiger partial charge in [0.15, 0.2) is 0 Å². The fraction of sp³-hybridized carbons (Fsp3) is 0.333. The Morgan fingerprint density at radius 3 is 2.71 bits per heavy atom. The molecule has 0 bridgehead atoms. The summed E-state index contributed by atoms with van der Waals surface area (Å²) in [5, 5.41) is -0.187. The number of alkyl halides is 1. The Morgan fingerprint density at radius 2 is 2.10 bits per heavy atom. The topological polar surface area (TPSA) is 43.9 Å². The zero-order valence-corrected chi connectivity index (χ0v) is 14.4. The van der Waals surface area contributed by atoms with Gasteiger partial charge in [-0.25, -0.2) is 9.97 Å². The highest BCUT2D eigenvalue weighted by atomic mass is 79.9. The summed E-state index contributed by atoms with van der Waals surface area (Å²) in [6.45, 7) is 6.30. The molecule has 0 amide bonds. The monoisotopic (exact) mass is 367 g/mol. The molecule has 0 fully saturated rings. The van der Waals surface area contributed by atoms with Crippen LogP contribution in [0.2, 0.25) is 0 Å². The molecule has 1 aromatic carbocycles. The van der Waals surface area contributed by atoms with Crippen LogP contribution in [-0.4, -0.2) is 14.5 Å². The molecule has 1 unspecified atom stereocenters. The van der Waals surface area contributed by atoms with Crippen LogP contribution in [0, 0.1) is 13.8 Å². The first-order valence-corrected chi connectivity index (χ1v) is 7.91. The summed E-state index contributed by atoms with van der Waals surface area (Å²) in [7, 11) is 0. The van der Waals surface area contributed by atoms with Crippen molar-refractivity contribution in [3.05, 3.63) is 45.8 Å². The van der Waals surface area contributed by atoms with Gasteiger partial charge in [0.05, 0.1) is 22.1 Å². The largest absolute Gasteiger partial charge is 0.444 e. The van der Waals surface area contributed by atoms with Gasteiger partial charge < -0.3 is 8.98 Å². The second-order valence-corrected chi connectivity index (χ2v) is 6.62. The van der Waals surface area contributed by atoms with E-state index in [0.717, 1.165) is 32.8 Å². The molecule has 0 radical (unpaired) electrons. The SMILES string of the molecule is Cc1nc(Cn2c(C(C)Cl)nc3ccc(Br)cc32)oc1C. The first kappa shape index (κ1) is 14.6. The van der Waals surface area contributed by atoms with Crippen molar-refractivity contribution in [3.63, 3.8) is 0 Å². The fourth-order valence-electron chi connectivity index (χ4n) is 2.33. The van der Waals surface area contributed by atoms with E-state index in [1.54, 1.807) is 0 Å². The van der Waals surface area contributed by atoms with E-state index in [1.165, 1.54) is 0 Å². The van der Waals surface area contributed by atoms with Crippen molar-refractivity contribution in [2.24, 2.45) is 0 Å². The maximum atomic E-state index is 6.28. The van der Waals surface area contributed by atoms with Crippen LogP contribution in [0.3, 0.4) is 0 Å². The lowest BCUT2D eigenvalue weighted by atomic mass is 10.3. The number of halogens is 2. The predicted molar refractivity (Wildman–Crippen MR) is 86.8 cm³/mol. The molecule has 0 aliphatic carbocycles. The van der Waals surface area contributed by atoms with E-state index in [2.05, 4.69) is 30.5 Å². The van der Waals surface area contributed by atoms with Crippen LogP contribution in [0.1, 0.15) is 35.5 Å². The maximum absolute atomic E-state index is 6.28. The number of nitrogens with zero attached hydrogens (tertiary/aromatic N) is 3. The highest BCUT2D eigenvalue weighted by molar-refractivity contribution is 9.10. The van der Waals surface area contributed by atoms with E-state index < -0.39 is 0 Å². The molecule has 2 heterocycles. The molecule has 0 spiro atoms. The minimum atomic E-state index is -0.187. The normalized spacial score (nSPS) is 13.0. The third-order valence-corrected chi connectivity index (χ3v) is 4.15. The number of imidazole rings is 1. The van der Waals surface area contributed by atoms with Crippen LogP contribution in [-0.2, 0) is 6.54 Å². The standard InChI is InChI=1S/C15H15BrClN3O/c1-8(17)15-19-12-5-4-11(16)6-13(12)20(15)7-14-18-9(2)10(3)21-14/h4-6,8H,7H2,1-3H3. The molecule has 3 aromatic rings. The Hall–Kier alpha value is -1.33. The number of benzene rings is 1. The van der Waals surface area contributed by atoms with Gasteiger partial charge >= 0.3 is 0 Å². The Balaban J connectivity index is 2.14. The summed E-state index contributed by atoms with van der Waals surface area (Å²) in [5.74, 6) is 2.33. The molecule has 0 saturated carbocycles. The van der Waals surface area contributed by atoms with Crippen LogP contribution in [0.4, 0.5) is 0 Å². The van der Waals surface area contributed by atoms with E-state index in [0.29, 0.717) is 12.4 Å². The van der Waals surface area contributed by atoms with E-state index in [9.17, 15) is 0 Å². The predicted octanol–water partition coefficient (Wildman–Crippen LogP) is 4.75. The number of hydrogen-bond acceptors (Lipinski definition) is 3. The molecular weight excluding hydrogens is 354 g/mol. The molecule has 3 rings (SSSR count). The zero-order chi connectivity index (χ0) is 15.1. The Kier molecular flexibility index (Phi) is 3.80. The van der Waals surface area contributed by atoms with Crippen LogP contribution >= 0.6 is 27.5 Å². The summed E-state index contributed by atoms with van der Waals surface area (Å²) < 4.78 is 8.75. The fourth-order valence-corrected chi connectivity index (χ4v) is 2.84. The van der Waals surface area contributed by atoms with Crippen LogP contribution < -0.4 is 0 Å². The summed E-state index contributed by atoms with van der Waals surface area (Å²) in [4.78, 5) is 9.06. The Morgan fingerprint density at radius 1 is 1.33 bits per heavy atom. The van der Waals surface area contributed by atoms with Gasteiger partial charge in [-0.1, -0.05) is 15.9 Å². The van der Waals surface area contributed by atoms with Crippen molar-refractivity contribution in [1.29, 1.82) is 0 Å². The average molecular weight is 369 g/mol. The van der Waals surface area contributed by atoms with Crippen molar-refractivity contribution < 1.29 is 4.42 Å². The van der Waals surface area contributed by atoms with Crippen LogP contribution in [0.25, 0.3) is 11.0 Å². The zero-order valence-electron chi connectivity index (χ0n) is 12.0. The van der Waals surface area contributed by atoms with Gasteiger partial charge in [-0.3, -0.25) is 0 Å². The van der Waals surface area contributed by atoms with E-state index >= 15 is 0 Å². The molecule has 6 heteroatoms. The molecule has 2 aromatic heterocycles. The van der Waals surface area contributed by atoms with E-state index in [-0.39, 0.29) is 5.38 Å². The highest BCUT2D eigenvalue weighted by Crippen LogP contribution is 2.27. The Labute approximate surface area is 136 Å². The average Bonchev–Trinajstić information content (AvgIpc) is 2.92. The number of fused-ring (bicyclic) bond motifs is 1. The first-order valence-electron chi connectivity index (χ1n) is 6.68. The molecule has 0 N–H and O–H groups in total. The molecule has 0 aliphatic rings. The molecule has 4 nitrogen and oxygen atoms in total. The maximum Gasteiger partial charge on any atom is 0.214 e. The smallest absolute Gasteiger partial charge is 0.214 e. The lowest BCUT2D eigenvalue weighted by molar-refractivity contribution is 0.456. The highest BCUT2D eigenvalue weighted by Gasteiger charge is 2.17. The first-order chi connectivity index (χ1) is 9.95. The molecule has 0 saturated heterocycles. The summed E-state index contributed by atoms with van der Waals surface area (Å²) >= 11 is 9.78. The third kappa shape index (κ3) is 2.72. The van der Waals surface area contributed by atoms with E-state index in [1.807, 2.05) is 39.0 Å². The van der Waals surface area contributed by atoms with Crippen molar-refractivity contribution in [2.75, 3.05) is 0 Å². The summed E-state index contributed by atoms with van der Waals surface area (Å²) in [5.41, 5.74) is 2.84. The van der Waals surface area contributed by atoms with Crippen molar-refractivity contribution in [2.45, 2.75) is 32.7 Å². The van der Waals surface area contributed by atoms with Gasteiger partial charge in [0.25, 0.3) is 0 Å². The lowest BCUT2D eigenvalue weighted by Gasteiger charge is -2.08. The number of aryl methyl sites for hydroxylation is 2. The minimum Gasteiger partial charge on any atom is -0.444 e. The molecule has 1 atom stereocenters. The number of aromatic nitrogens is 3. The van der Waals surface area contributed by atoms with Gasteiger partial charge in [-0.2, -0.15) is 0 Å². The summed E-state index contributed by atoms with van der Waals surface area (Å²) in [6.07, 6.45) is 0. The van der Waals surface area contributed by atoms with Gasteiger partial charge in [0.2, 0.25) is 5.89 Å². The molecule has 110 valence electrons. The number of oxazole rings is 1. The van der Waals surface area contributed by atoms with E-state index in [4.69, 9.17) is 16.0 Å². The Bertz CT molecular complexity index is 787. The third-order valence-electron chi connectivity index (χ3n) is 3.46. The van der Waals surface area contributed by atoms with Gasteiger partial charge in [0.1, 0.15) is 18.1 Å². The van der Waals surface area contributed by atoms with Crippen LogP contribution in [0.15, 0.2) is 27.1 Å². The van der Waals surface area contributed by atoms with Crippen molar-refractivity contribution >= 4 is 38.6 Å². The quantitative estimate of drug-likeness (QED) is 0.626. The second-order valence-electron chi connectivity index (χ2n) is 5.05. The molecule has 21 heavy (non-hydrogen) atoms. The lowest BCUT2D eigenvalue weighted by Crippen LogP contribution is -2.06. The number of rotatable bonds is 3. The second kappa shape index (κ2) is 5.46. The molecular formula is C15H15BrClN3O. The van der Waals surface area contributed by atoms with Crippen molar-refractivity contribution in [1.82, 2.24) is 14.5 Å².